The van der Waals surface area contributed by atoms with Crippen molar-refractivity contribution >= 4 is 34.2 Å². The molecule has 0 bridgehead atoms. The van der Waals surface area contributed by atoms with Crippen LogP contribution in [0.5, 0.6) is 0 Å². The van der Waals surface area contributed by atoms with E-state index in [0.29, 0.717) is 18.7 Å². The molecule has 1 aromatic heterocycles. The zero-order valence-electron chi connectivity index (χ0n) is 14.0. The Hall–Kier alpha value is -2.49. The van der Waals surface area contributed by atoms with E-state index in [1.165, 1.54) is 0 Å². The lowest BCUT2D eigenvalue weighted by Crippen LogP contribution is -2.25. The number of nitrogens with zero attached hydrogens (tertiary/aromatic N) is 2. The van der Waals surface area contributed by atoms with Gasteiger partial charge in [-0.2, -0.15) is 0 Å². The lowest BCUT2D eigenvalue weighted by atomic mass is 10.2. The van der Waals surface area contributed by atoms with Crippen LogP contribution in [0.15, 0.2) is 72.8 Å². The maximum atomic E-state index is 8.73. The molecule has 3 nitrogen and oxygen atoms in total. The molecule has 0 aliphatic heterocycles. The van der Waals surface area contributed by atoms with E-state index in [-0.39, 0.29) is 0 Å². The SMILES string of the molecule is N=c1n(Cc2ccc(Cl)cc2)c2ccccc2n1Cc1ccc(Cl)cc1. The van der Waals surface area contributed by atoms with Crippen molar-refractivity contribution in [2.75, 3.05) is 0 Å². The monoisotopic (exact) mass is 381 g/mol. The molecule has 4 aromatic rings. The minimum Gasteiger partial charge on any atom is -0.306 e. The van der Waals surface area contributed by atoms with Crippen LogP contribution in [0.1, 0.15) is 11.1 Å². The Morgan fingerprint density at radius 3 is 1.38 bits per heavy atom. The second-order valence-corrected chi connectivity index (χ2v) is 7.11. The molecule has 0 aliphatic rings. The first-order valence-corrected chi connectivity index (χ1v) is 9.09. The molecule has 0 atom stereocenters. The van der Waals surface area contributed by atoms with Crippen molar-refractivity contribution in [3.63, 3.8) is 0 Å². The van der Waals surface area contributed by atoms with Gasteiger partial charge in [0.05, 0.1) is 24.1 Å². The molecule has 0 unspecified atom stereocenters. The largest absolute Gasteiger partial charge is 0.306 e. The fourth-order valence-corrected chi connectivity index (χ4v) is 3.41. The number of para-hydroxylation sites is 2. The van der Waals surface area contributed by atoms with Gasteiger partial charge in [-0.05, 0) is 47.5 Å². The second-order valence-electron chi connectivity index (χ2n) is 6.24. The molecule has 130 valence electrons. The van der Waals surface area contributed by atoms with Crippen LogP contribution >= 0.6 is 23.2 Å². The van der Waals surface area contributed by atoms with E-state index < -0.39 is 0 Å². The van der Waals surface area contributed by atoms with Crippen molar-refractivity contribution in [2.45, 2.75) is 13.1 Å². The predicted octanol–water partition coefficient (Wildman–Crippen LogP) is 5.33. The van der Waals surface area contributed by atoms with Crippen LogP contribution < -0.4 is 5.62 Å². The third-order valence-corrected chi connectivity index (χ3v) is 4.99. The molecule has 5 heteroatoms. The maximum absolute atomic E-state index is 8.73. The summed E-state index contributed by atoms with van der Waals surface area (Å²) >= 11 is 12.0. The zero-order valence-corrected chi connectivity index (χ0v) is 15.5. The highest BCUT2D eigenvalue weighted by Gasteiger charge is 2.11. The summed E-state index contributed by atoms with van der Waals surface area (Å²) in [5.74, 6) is 0. The quantitative estimate of drug-likeness (QED) is 0.495. The van der Waals surface area contributed by atoms with E-state index in [4.69, 9.17) is 28.6 Å². The molecule has 0 spiro atoms. The van der Waals surface area contributed by atoms with E-state index in [9.17, 15) is 0 Å². The van der Waals surface area contributed by atoms with Gasteiger partial charge in [-0.1, -0.05) is 59.6 Å². The maximum Gasteiger partial charge on any atom is 0.203 e. The van der Waals surface area contributed by atoms with Crippen LogP contribution in [0.3, 0.4) is 0 Å². The topological polar surface area (TPSA) is 33.7 Å². The number of fused-ring (bicyclic) bond motifs is 1. The standard InChI is InChI=1S/C21H17Cl2N3/c22-17-9-5-15(6-10-17)13-25-19-3-1-2-4-20(19)26(21(25)24)14-16-7-11-18(23)12-8-16/h1-12,24H,13-14H2. The van der Waals surface area contributed by atoms with Crippen molar-refractivity contribution in [1.82, 2.24) is 9.13 Å². The fraction of sp³-hybridized carbons (Fsp3) is 0.0952. The molecule has 1 N–H and O–H groups in total. The van der Waals surface area contributed by atoms with Gasteiger partial charge >= 0.3 is 0 Å². The summed E-state index contributed by atoms with van der Waals surface area (Å²) < 4.78 is 4.04. The molecular formula is C21H17Cl2N3. The summed E-state index contributed by atoms with van der Waals surface area (Å²) in [6, 6.07) is 23.7. The number of halogens is 2. The third-order valence-electron chi connectivity index (χ3n) is 4.48. The molecule has 26 heavy (non-hydrogen) atoms. The number of nitrogens with one attached hydrogen (secondary N) is 1. The van der Waals surface area contributed by atoms with Gasteiger partial charge in [0.25, 0.3) is 0 Å². The average molecular weight is 382 g/mol. The highest BCUT2D eigenvalue weighted by Crippen LogP contribution is 2.18. The Labute approximate surface area is 161 Å². The number of rotatable bonds is 4. The Morgan fingerprint density at radius 1 is 0.615 bits per heavy atom. The van der Waals surface area contributed by atoms with E-state index in [0.717, 1.165) is 32.2 Å². The van der Waals surface area contributed by atoms with Crippen LogP contribution in [0.2, 0.25) is 10.0 Å². The number of hydrogen-bond acceptors (Lipinski definition) is 1. The van der Waals surface area contributed by atoms with E-state index in [1.54, 1.807) is 0 Å². The second kappa shape index (κ2) is 7.02. The smallest absolute Gasteiger partial charge is 0.203 e. The highest BCUT2D eigenvalue weighted by molar-refractivity contribution is 6.30. The van der Waals surface area contributed by atoms with Gasteiger partial charge in [0.2, 0.25) is 5.62 Å². The Balaban J connectivity index is 1.79. The van der Waals surface area contributed by atoms with Gasteiger partial charge in [-0.25, -0.2) is 0 Å². The summed E-state index contributed by atoms with van der Waals surface area (Å²) in [6.07, 6.45) is 0. The number of benzene rings is 3. The van der Waals surface area contributed by atoms with Gasteiger partial charge < -0.3 is 9.13 Å². The van der Waals surface area contributed by atoms with Crippen LogP contribution in [-0.4, -0.2) is 9.13 Å². The van der Waals surface area contributed by atoms with Crippen LogP contribution in [-0.2, 0) is 13.1 Å². The van der Waals surface area contributed by atoms with Crippen molar-refractivity contribution < 1.29 is 0 Å². The van der Waals surface area contributed by atoms with E-state index in [1.807, 2.05) is 69.8 Å². The summed E-state index contributed by atoms with van der Waals surface area (Å²) in [5, 5.41) is 10.2. The highest BCUT2D eigenvalue weighted by atomic mass is 35.5. The Morgan fingerprint density at radius 2 is 1.00 bits per heavy atom. The lowest BCUT2D eigenvalue weighted by Gasteiger charge is -2.06. The lowest BCUT2D eigenvalue weighted by molar-refractivity contribution is 0.664. The summed E-state index contributed by atoms with van der Waals surface area (Å²) in [6.45, 7) is 1.26. The number of hydrogen-bond donors (Lipinski definition) is 1. The summed E-state index contributed by atoms with van der Waals surface area (Å²) in [7, 11) is 0. The molecule has 0 fully saturated rings. The molecule has 0 aliphatic carbocycles. The van der Waals surface area contributed by atoms with Crippen LogP contribution in [0.25, 0.3) is 11.0 Å². The van der Waals surface area contributed by atoms with Crippen LogP contribution in [0.4, 0.5) is 0 Å². The fourth-order valence-electron chi connectivity index (χ4n) is 3.16. The van der Waals surface area contributed by atoms with Gasteiger partial charge in [-0.15, -0.1) is 0 Å². The molecule has 0 amide bonds. The van der Waals surface area contributed by atoms with Gasteiger partial charge in [0, 0.05) is 10.0 Å². The third kappa shape index (κ3) is 3.28. The number of imidazole rings is 1. The van der Waals surface area contributed by atoms with Crippen molar-refractivity contribution in [3.8, 4) is 0 Å². The molecule has 1 heterocycles. The van der Waals surface area contributed by atoms with E-state index in [2.05, 4.69) is 12.1 Å². The average Bonchev–Trinajstić information content (AvgIpc) is 2.91. The molecule has 0 saturated carbocycles. The first kappa shape index (κ1) is 17.0. The predicted molar refractivity (Wildman–Crippen MR) is 107 cm³/mol. The Bertz CT molecular complexity index is 1020. The van der Waals surface area contributed by atoms with Gasteiger partial charge in [0.1, 0.15) is 0 Å². The van der Waals surface area contributed by atoms with Crippen molar-refractivity contribution in [1.29, 1.82) is 5.41 Å². The van der Waals surface area contributed by atoms with Crippen molar-refractivity contribution in [3.05, 3.63) is 99.6 Å². The van der Waals surface area contributed by atoms with Gasteiger partial charge in [0.15, 0.2) is 0 Å². The summed E-state index contributed by atoms with van der Waals surface area (Å²) in [5.41, 5.74) is 4.78. The minimum atomic E-state index is 0.469. The molecule has 0 radical (unpaired) electrons. The Kier molecular flexibility index (Phi) is 4.58. The first-order chi connectivity index (χ1) is 12.6. The normalized spacial score (nSPS) is 11.2. The van der Waals surface area contributed by atoms with Crippen molar-refractivity contribution in [2.24, 2.45) is 0 Å². The molecule has 4 rings (SSSR count). The van der Waals surface area contributed by atoms with E-state index >= 15 is 0 Å². The van der Waals surface area contributed by atoms with Crippen LogP contribution in [0, 0.1) is 5.41 Å². The van der Waals surface area contributed by atoms with Gasteiger partial charge in [-0.3, -0.25) is 5.41 Å². The number of aromatic nitrogens is 2. The minimum absolute atomic E-state index is 0.469. The zero-order chi connectivity index (χ0) is 18.1. The first-order valence-electron chi connectivity index (χ1n) is 8.33. The molecule has 3 aromatic carbocycles. The molecular weight excluding hydrogens is 365 g/mol. The summed E-state index contributed by atoms with van der Waals surface area (Å²) in [4.78, 5) is 0. The molecule has 0 saturated heterocycles.